The lowest BCUT2D eigenvalue weighted by Gasteiger charge is -1.97. The minimum absolute atomic E-state index is 0.0666. The molecule has 0 fully saturated rings. The summed E-state index contributed by atoms with van der Waals surface area (Å²) in [6.45, 7) is 1.84. The number of benzene rings is 1. The van der Waals surface area contributed by atoms with Crippen molar-refractivity contribution in [3.8, 4) is 0 Å². The third-order valence-electron chi connectivity index (χ3n) is 1.61. The molecule has 110 valence electrons. The Morgan fingerprint density at radius 2 is 1.26 bits per heavy atom. The average molecular weight is 322 g/mol. The molecule has 0 amide bonds. The summed E-state index contributed by atoms with van der Waals surface area (Å²) in [5.74, 6) is 0. The predicted molar refractivity (Wildman–Crippen MR) is 58.6 cm³/mol. The van der Waals surface area contributed by atoms with Gasteiger partial charge in [-0.05, 0) is 19.1 Å². The van der Waals surface area contributed by atoms with Gasteiger partial charge in [0.15, 0.2) is 0 Å². The summed E-state index contributed by atoms with van der Waals surface area (Å²) < 4.78 is 87.1. The van der Waals surface area contributed by atoms with Crippen LogP contribution in [0, 0.1) is 6.92 Å². The first-order valence-corrected chi connectivity index (χ1v) is 7.21. The molecule has 0 bridgehead atoms. The Labute approximate surface area is 107 Å². The van der Waals surface area contributed by atoms with Crippen LogP contribution in [0.1, 0.15) is 5.56 Å². The molecule has 0 spiro atoms. The van der Waals surface area contributed by atoms with Gasteiger partial charge in [0.05, 0.1) is 4.90 Å². The fourth-order valence-electron chi connectivity index (χ4n) is 0.710. The minimum Gasteiger partial charge on any atom is -0.282 e. The van der Waals surface area contributed by atoms with Crippen LogP contribution >= 0.6 is 0 Å². The summed E-state index contributed by atoms with van der Waals surface area (Å²) >= 11 is 0. The Hall–Kier alpha value is -1.17. The van der Waals surface area contributed by atoms with E-state index in [0.717, 1.165) is 5.56 Å². The standard InChI is InChI=1S/C7H8O3S.CHF3O3S/c1-6-2-4-7(5-3-6)11(8,9)10;2-1(3,4)8(5,6)7/h2-5H,1H3,(H,8,9,10);(H,5,6,7). The van der Waals surface area contributed by atoms with Crippen molar-refractivity contribution < 1.29 is 39.1 Å². The van der Waals surface area contributed by atoms with Gasteiger partial charge in [0.2, 0.25) is 0 Å². The third kappa shape index (κ3) is 6.52. The zero-order valence-electron chi connectivity index (χ0n) is 9.29. The third-order valence-corrected chi connectivity index (χ3v) is 3.06. The normalized spacial score (nSPS) is 12.5. The highest BCUT2D eigenvalue weighted by molar-refractivity contribution is 7.86. The lowest BCUT2D eigenvalue weighted by molar-refractivity contribution is -0.0510. The van der Waals surface area contributed by atoms with Crippen molar-refractivity contribution in [3.63, 3.8) is 0 Å². The second-order valence-corrected chi connectivity index (χ2v) is 6.04. The topological polar surface area (TPSA) is 109 Å². The van der Waals surface area contributed by atoms with Gasteiger partial charge in [-0.15, -0.1) is 0 Å². The second kappa shape index (κ2) is 5.86. The van der Waals surface area contributed by atoms with E-state index in [1.54, 1.807) is 12.1 Å². The van der Waals surface area contributed by atoms with Crippen LogP contribution in [-0.2, 0) is 20.2 Å². The van der Waals surface area contributed by atoms with E-state index in [1.807, 2.05) is 6.92 Å². The van der Waals surface area contributed by atoms with E-state index in [9.17, 15) is 21.6 Å². The van der Waals surface area contributed by atoms with Gasteiger partial charge < -0.3 is 0 Å². The Balaban J connectivity index is 0.000000362. The molecule has 0 aliphatic rings. The second-order valence-electron chi connectivity index (χ2n) is 3.21. The maximum atomic E-state index is 10.7. The van der Waals surface area contributed by atoms with Gasteiger partial charge in [0, 0.05) is 0 Å². The van der Waals surface area contributed by atoms with Crippen LogP contribution in [0.4, 0.5) is 13.2 Å². The highest BCUT2D eigenvalue weighted by Crippen LogP contribution is 2.20. The Bertz CT molecular complexity index is 615. The highest BCUT2D eigenvalue weighted by Gasteiger charge is 2.44. The molecular weight excluding hydrogens is 313 g/mol. The van der Waals surface area contributed by atoms with E-state index in [2.05, 4.69) is 0 Å². The molecule has 1 rings (SSSR count). The average Bonchev–Trinajstić information content (AvgIpc) is 2.14. The summed E-state index contributed by atoms with van der Waals surface area (Å²) in [4.78, 5) is -0.0666. The summed E-state index contributed by atoms with van der Waals surface area (Å²) in [5.41, 5.74) is -4.58. The Morgan fingerprint density at radius 1 is 0.947 bits per heavy atom. The van der Waals surface area contributed by atoms with Crippen molar-refractivity contribution in [2.24, 2.45) is 0 Å². The van der Waals surface area contributed by atoms with Crippen LogP contribution in [0.2, 0.25) is 0 Å². The van der Waals surface area contributed by atoms with E-state index in [1.165, 1.54) is 12.1 Å². The molecule has 0 heterocycles. The lowest BCUT2D eigenvalue weighted by Crippen LogP contribution is -2.21. The van der Waals surface area contributed by atoms with E-state index in [0.29, 0.717) is 0 Å². The maximum Gasteiger partial charge on any atom is 0.522 e. The first-order valence-electron chi connectivity index (χ1n) is 4.33. The largest absolute Gasteiger partial charge is 0.522 e. The van der Waals surface area contributed by atoms with Gasteiger partial charge in [0.25, 0.3) is 10.1 Å². The number of alkyl halides is 3. The SMILES string of the molecule is Cc1ccc(S(=O)(=O)O)cc1.O=S(=O)(O)C(F)(F)F. The van der Waals surface area contributed by atoms with Crippen LogP contribution in [0.15, 0.2) is 29.2 Å². The summed E-state index contributed by atoms with van der Waals surface area (Å²) in [5, 5.41) is 0. The van der Waals surface area contributed by atoms with Gasteiger partial charge in [-0.25, -0.2) is 0 Å². The first kappa shape index (κ1) is 17.8. The molecule has 1 aromatic carbocycles. The molecular formula is C8H9F3O6S2. The molecule has 19 heavy (non-hydrogen) atoms. The van der Waals surface area contributed by atoms with E-state index >= 15 is 0 Å². The van der Waals surface area contributed by atoms with Crippen molar-refractivity contribution in [1.29, 1.82) is 0 Å². The number of rotatable bonds is 1. The maximum absolute atomic E-state index is 10.7. The van der Waals surface area contributed by atoms with Gasteiger partial charge in [0.1, 0.15) is 0 Å². The molecule has 0 saturated carbocycles. The van der Waals surface area contributed by atoms with Crippen molar-refractivity contribution >= 4 is 20.2 Å². The molecule has 0 saturated heterocycles. The first-order chi connectivity index (χ1) is 8.25. The van der Waals surface area contributed by atoms with Crippen LogP contribution in [0.25, 0.3) is 0 Å². The Kier molecular flexibility index (Phi) is 5.50. The highest BCUT2D eigenvalue weighted by atomic mass is 32.2. The molecule has 0 unspecified atom stereocenters. The van der Waals surface area contributed by atoms with E-state index < -0.39 is 25.7 Å². The molecule has 0 atom stereocenters. The number of hydrogen-bond donors (Lipinski definition) is 2. The molecule has 6 nitrogen and oxygen atoms in total. The van der Waals surface area contributed by atoms with E-state index in [4.69, 9.17) is 17.5 Å². The zero-order valence-corrected chi connectivity index (χ0v) is 10.9. The molecule has 0 aromatic heterocycles. The summed E-state index contributed by atoms with van der Waals surface area (Å²) in [6.07, 6.45) is 0. The van der Waals surface area contributed by atoms with Crippen molar-refractivity contribution in [2.45, 2.75) is 17.3 Å². The van der Waals surface area contributed by atoms with Crippen molar-refractivity contribution in [1.82, 2.24) is 0 Å². The Morgan fingerprint density at radius 3 is 1.47 bits per heavy atom. The number of aryl methyl sites for hydroxylation is 1. The molecule has 2 N–H and O–H groups in total. The van der Waals surface area contributed by atoms with Gasteiger partial charge >= 0.3 is 15.6 Å². The zero-order chi connectivity index (χ0) is 15.5. The fraction of sp³-hybridized carbons (Fsp3) is 0.250. The van der Waals surface area contributed by atoms with Crippen molar-refractivity contribution in [2.75, 3.05) is 0 Å². The summed E-state index contributed by atoms with van der Waals surface area (Å²) in [6, 6.07) is 5.99. The van der Waals surface area contributed by atoms with E-state index in [-0.39, 0.29) is 4.90 Å². The number of hydrogen-bond acceptors (Lipinski definition) is 4. The van der Waals surface area contributed by atoms with Gasteiger partial charge in [-0.3, -0.25) is 9.11 Å². The fourth-order valence-corrected chi connectivity index (χ4v) is 1.19. The van der Waals surface area contributed by atoms with Crippen LogP contribution in [-0.4, -0.2) is 31.4 Å². The monoisotopic (exact) mass is 322 g/mol. The molecule has 0 aliphatic heterocycles. The smallest absolute Gasteiger partial charge is 0.282 e. The van der Waals surface area contributed by atoms with Crippen LogP contribution < -0.4 is 0 Å². The number of halogens is 3. The molecule has 1 aromatic rings. The van der Waals surface area contributed by atoms with Gasteiger partial charge in [-0.2, -0.15) is 30.0 Å². The quantitative estimate of drug-likeness (QED) is 0.601. The van der Waals surface area contributed by atoms with Crippen LogP contribution in [0.3, 0.4) is 0 Å². The molecule has 0 radical (unpaired) electrons. The van der Waals surface area contributed by atoms with Gasteiger partial charge in [-0.1, -0.05) is 17.7 Å². The molecule has 0 aliphatic carbocycles. The van der Waals surface area contributed by atoms with Crippen LogP contribution in [0.5, 0.6) is 0 Å². The molecule has 11 heteroatoms. The predicted octanol–water partition coefficient (Wildman–Crippen LogP) is 1.64. The summed E-state index contributed by atoms with van der Waals surface area (Å²) in [7, 11) is -9.86. The lowest BCUT2D eigenvalue weighted by atomic mass is 10.2. The minimum atomic E-state index is -5.84. The van der Waals surface area contributed by atoms with Crippen molar-refractivity contribution in [3.05, 3.63) is 29.8 Å².